The van der Waals surface area contributed by atoms with E-state index >= 15 is 0 Å². The van der Waals surface area contributed by atoms with Crippen LogP contribution in [0.15, 0.2) is 59.4 Å². The third-order valence-electron chi connectivity index (χ3n) is 3.72. The number of hydrogen-bond acceptors (Lipinski definition) is 4. The molecular formula is C19H17N3O3. The molecule has 0 saturated carbocycles. The predicted octanol–water partition coefficient (Wildman–Crippen LogP) is 2.50. The average molecular weight is 335 g/mol. The molecule has 0 aliphatic carbocycles. The SMILES string of the molecule is COc1ccccc1/C=C/C(=O)Nn1c(C)nc2ccccc2c1=O. The van der Waals surface area contributed by atoms with Crippen LogP contribution in [0, 0.1) is 6.92 Å². The molecule has 0 unspecified atom stereocenters. The highest BCUT2D eigenvalue weighted by Crippen LogP contribution is 2.18. The second-order valence-electron chi connectivity index (χ2n) is 5.37. The highest BCUT2D eigenvalue weighted by molar-refractivity contribution is 5.97. The van der Waals surface area contributed by atoms with E-state index in [1.54, 1.807) is 44.4 Å². The van der Waals surface area contributed by atoms with Gasteiger partial charge in [0.1, 0.15) is 11.6 Å². The number of carbonyl (C=O) groups excluding carboxylic acids is 1. The second kappa shape index (κ2) is 7.00. The van der Waals surface area contributed by atoms with Gasteiger partial charge in [-0.15, -0.1) is 0 Å². The van der Waals surface area contributed by atoms with Crippen LogP contribution in [0.1, 0.15) is 11.4 Å². The first-order valence-corrected chi connectivity index (χ1v) is 7.70. The Labute approximate surface area is 144 Å². The molecule has 1 amide bonds. The van der Waals surface area contributed by atoms with Gasteiger partial charge in [-0.2, -0.15) is 0 Å². The molecule has 1 N–H and O–H groups in total. The number of para-hydroxylation sites is 2. The Bertz CT molecular complexity index is 1020. The maximum atomic E-state index is 12.5. The number of aryl methyl sites for hydroxylation is 1. The van der Waals surface area contributed by atoms with Gasteiger partial charge in [0.25, 0.3) is 11.5 Å². The van der Waals surface area contributed by atoms with Crippen molar-refractivity contribution in [1.82, 2.24) is 9.66 Å². The zero-order valence-corrected chi connectivity index (χ0v) is 13.9. The van der Waals surface area contributed by atoms with Crippen LogP contribution >= 0.6 is 0 Å². The van der Waals surface area contributed by atoms with Crippen molar-refractivity contribution in [3.8, 4) is 5.75 Å². The number of nitrogens with zero attached hydrogens (tertiary/aromatic N) is 2. The summed E-state index contributed by atoms with van der Waals surface area (Å²) >= 11 is 0. The monoisotopic (exact) mass is 335 g/mol. The van der Waals surface area contributed by atoms with Gasteiger partial charge in [0.05, 0.1) is 18.0 Å². The topological polar surface area (TPSA) is 73.2 Å². The number of methoxy groups -OCH3 is 1. The normalized spacial score (nSPS) is 11.0. The van der Waals surface area contributed by atoms with E-state index in [0.29, 0.717) is 22.5 Å². The minimum atomic E-state index is -0.437. The molecule has 2 aromatic carbocycles. The molecule has 0 atom stereocenters. The van der Waals surface area contributed by atoms with Crippen molar-refractivity contribution in [2.45, 2.75) is 6.92 Å². The largest absolute Gasteiger partial charge is 0.496 e. The third-order valence-corrected chi connectivity index (χ3v) is 3.72. The lowest BCUT2D eigenvalue weighted by Crippen LogP contribution is -2.34. The Morgan fingerprint density at radius 3 is 2.68 bits per heavy atom. The Balaban J connectivity index is 1.87. The third kappa shape index (κ3) is 3.42. The summed E-state index contributed by atoms with van der Waals surface area (Å²) in [5.41, 5.74) is 3.60. The molecule has 126 valence electrons. The second-order valence-corrected chi connectivity index (χ2v) is 5.37. The smallest absolute Gasteiger partial charge is 0.280 e. The molecule has 0 spiro atoms. The van der Waals surface area contributed by atoms with Crippen LogP contribution in [0.2, 0.25) is 0 Å². The number of amides is 1. The Hall–Kier alpha value is -3.41. The van der Waals surface area contributed by atoms with Crippen molar-refractivity contribution < 1.29 is 9.53 Å². The fourth-order valence-corrected chi connectivity index (χ4v) is 2.49. The zero-order chi connectivity index (χ0) is 17.8. The molecule has 0 bridgehead atoms. The van der Waals surface area contributed by atoms with Crippen molar-refractivity contribution >= 4 is 22.9 Å². The minimum Gasteiger partial charge on any atom is -0.496 e. The zero-order valence-electron chi connectivity index (χ0n) is 13.9. The van der Waals surface area contributed by atoms with Gasteiger partial charge in [-0.05, 0) is 31.2 Å². The summed E-state index contributed by atoms with van der Waals surface area (Å²) in [5, 5.41) is 0.446. The van der Waals surface area contributed by atoms with Crippen LogP contribution in [-0.4, -0.2) is 22.7 Å². The van der Waals surface area contributed by atoms with Crippen LogP contribution in [0.25, 0.3) is 17.0 Å². The standard InChI is InChI=1S/C19H17N3O3/c1-13-20-16-9-5-4-8-15(16)19(24)22(13)21-18(23)12-11-14-7-3-6-10-17(14)25-2/h3-12H,1-2H3,(H,21,23)/b12-11+. The van der Waals surface area contributed by atoms with Crippen LogP contribution in [-0.2, 0) is 4.79 Å². The fraction of sp³-hybridized carbons (Fsp3) is 0.105. The maximum absolute atomic E-state index is 12.5. The number of ether oxygens (including phenoxy) is 1. The molecule has 0 saturated heterocycles. The Morgan fingerprint density at radius 1 is 1.16 bits per heavy atom. The molecule has 6 nitrogen and oxygen atoms in total. The highest BCUT2D eigenvalue weighted by Gasteiger charge is 2.09. The molecule has 0 aliphatic rings. The van der Waals surface area contributed by atoms with Gasteiger partial charge in [-0.3, -0.25) is 15.0 Å². The molecular weight excluding hydrogens is 318 g/mol. The van der Waals surface area contributed by atoms with Crippen LogP contribution in [0.3, 0.4) is 0 Å². The summed E-state index contributed by atoms with van der Waals surface area (Å²) in [6.45, 7) is 1.66. The number of fused-ring (bicyclic) bond motifs is 1. The summed E-state index contributed by atoms with van der Waals surface area (Å²) in [7, 11) is 1.57. The van der Waals surface area contributed by atoms with E-state index in [1.807, 2.05) is 24.3 Å². The van der Waals surface area contributed by atoms with Gasteiger partial charge in [0.2, 0.25) is 0 Å². The summed E-state index contributed by atoms with van der Waals surface area (Å²) in [5.74, 6) is 0.628. The van der Waals surface area contributed by atoms with Gasteiger partial charge >= 0.3 is 0 Å². The van der Waals surface area contributed by atoms with Gasteiger partial charge in [-0.1, -0.05) is 30.3 Å². The van der Waals surface area contributed by atoms with E-state index in [4.69, 9.17) is 4.74 Å². The lowest BCUT2D eigenvalue weighted by atomic mass is 10.2. The molecule has 1 heterocycles. The van der Waals surface area contributed by atoms with Gasteiger partial charge in [0, 0.05) is 11.6 Å². The van der Waals surface area contributed by atoms with E-state index < -0.39 is 5.91 Å². The lowest BCUT2D eigenvalue weighted by Gasteiger charge is -2.10. The molecule has 3 rings (SSSR count). The van der Waals surface area contributed by atoms with Crippen molar-refractivity contribution in [2.24, 2.45) is 0 Å². The molecule has 25 heavy (non-hydrogen) atoms. The molecule has 3 aromatic rings. The summed E-state index contributed by atoms with van der Waals surface area (Å²) < 4.78 is 6.38. The van der Waals surface area contributed by atoms with Crippen LogP contribution < -0.4 is 15.7 Å². The van der Waals surface area contributed by atoms with Gasteiger partial charge < -0.3 is 4.74 Å². The lowest BCUT2D eigenvalue weighted by molar-refractivity contribution is -0.112. The first kappa shape index (κ1) is 16.4. The number of hydrogen-bond donors (Lipinski definition) is 1. The molecule has 1 aromatic heterocycles. The Morgan fingerprint density at radius 2 is 1.88 bits per heavy atom. The van der Waals surface area contributed by atoms with E-state index in [1.165, 1.54) is 6.08 Å². The number of rotatable bonds is 4. The van der Waals surface area contributed by atoms with Crippen LogP contribution in [0.4, 0.5) is 0 Å². The van der Waals surface area contributed by atoms with Gasteiger partial charge in [0.15, 0.2) is 0 Å². The molecule has 6 heteroatoms. The highest BCUT2D eigenvalue weighted by atomic mass is 16.5. The van der Waals surface area contributed by atoms with E-state index in [-0.39, 0.29) is 5.56 Å². The summed E-state index contributed by atoms with van der Waals surface area (Å²) in [6.07, 6.45) is 2.97. The van der Waals surface area contributed by atoms with Gasteiger partial charge in [-0.25, -0.2) is 9.66 Å². The molecule has 0 radical (unpaired) electrons. The van der Waals surface area contributed by atoms with Crippen molar-refractivity contribution in [3.05, 3.63) is 76.3 Å². The fourth-order valence-electron chi connectivity index (χ4n) is 2.49. The van der Waals surface area contributed by atoms with E-state index in [0.717, 1.165) is 10.2 Å². The average Bonchev–Trinajstić information content (AvgIpc) is 2.63. The molecule has 0 fully saturated rings. The van der Waals surface area contributed by atoms with Crippen molar-refractivity contribution in [2.75, 3.05) is 12.5 Å². The number of nitrogens with one attached hydrogen (secondary N) is 1. The summed E-state index contributed by atoms with van der Waals surface area (Å²) in [4.78, 5) is 29.1. The van der Waals surface area contributed by atoms with Crippen molar-refractivity contribution in [3.63, 3.8) is 0 Å². The van der Waals surface area contributed by atoms with E-state index in [9.17, 15) is 9.59 Å². The number of benzene rings is 2. The minimum absolute atomic E-state index is 0.317. The maximum Gasteiger partial charge on any atom is 0.280 e. The molecule has 0 aliphatic heterocycles. The first-order valence-electron chi connectivity index (χ1n) is 7.70. The Kier molecular flexibility index (Phi) is 4.61. The number of aromatic nitrogens is 2. The summed E-state index contributed by atoms with van der Waals surface area (Å²) in [6, 6.07) is 14.3. The first-order chi connectivity index (χ1) is 12.1. The van der Waals surface area contributed by atoms with Crippen molar-refractivity contribution in [1.29, 1.82) is 0 Å². The van der Waals surface area contributed by atoms with Crippen LogP contribution in [0.5, 0.6) is 5.75 Å². The van der Waals surface area contributed by atoms with E-state index in [2.05, 4.69) is 10.4 Å². The predicted molar refractivity (Wildman–Crippen MR) is 97.1 cm³/mol. The quantitative estimate of drug-likeness (QED) is 0.744. The number of carbonyl (C=O) groups is 1.